The summed E-state index contributed by atoms with van der Waals surface area (Å²) >= 11 is 3.81. The molecule has 0 rings (SSSR count). The van der Waals surface area contributed by atoms with Gasteiger partial charge in [-0.3, -0.25) is 0 Å². The molecule has 42 valence electrons. The van der Waals surface area contributed by atoms with Gasteiger partial charge in [0.1, 0.15) is 0 Å². The molecule has 0 saturated carbocycles. The van der Waals surface area contributed by atoms with Crippen LogP contribution in [0.15, 0.2) is 0 Å². The minimum atomic E-state index is -0.139. The molecular formula is C4H11NSSi. The van der Waals surface area contributed by atoms with Crippen molar-refractivity contribution in [2.45, 2.75) is 19.6 Å². The Morgan fingerprint density at radius 2 is 1.43 bits per heavy atom. The van der Waals surface area contributed by atoms with Gasteiger partial charge in [0.15, 0.2) is 0 Å². The summed E-state index contributed by atoms with van der Waals surface area (Å²) in [5.74, 6) is 0. The van der Waals surface area contributed by atoms with Crippen LogP contribution in [-0.2, 0) is 0 Å². The van der Waals surface area contributed by atoms with Gasteiger partial charge in [0.05, 0.1) is 5.16 Å². The van der Waals surface area contributed by atoms with Crippen molar-refractivity contribution in [3.8, 4) is 0 Å². The summed E-state index contributed by atoms with van der Waals surface area (Å²) in [6, 6.07) is 0. The van der Waals surface area contributed by atoms with Crippen molar-refractivity contribution >= 4 is 26.2 Å². The Kier molecular flexibility index (Phi) is 13.5. The van der Waals surface area contributed by atoms with E-state index in [9.17, 15) is 0 Å². The molecule has 0 bridgehead atoms. The fourth-order valence-corrected chi connectivity index (χ4v) is 0. The quantitative estimate of drug-likeness (QED) is 0.304. The van der Waals surface area contributed by atoms with Gasteiger partial charge in [-0.15, -0.1) is 0 Å². The second-order valence-electron chi connectivity index (χ2n) is 1.83. The maximum absolute atomic E-state index is 5.77. The van der Waals surface area contributed by atoms with E-state index < -0.39 is 0 Å². The first-order chi connectivity index (χ1) is 3.15. The van der Waals surface area contributed by atoms with E-state index in [1.807, 2.05) is 0 Å². The molecule has 3 heteroatoms. The first-order valence-corrected chi connectivity index (χ1v) is 6.06. The summed E-state index contributed by atoms with van der Waals surface area (Å²) in [6.07, 6.45) is 0. The summed E-state index contributed by atoms with van der Waals surface area (Å²) in [5.41, 5.74) is 0. The smallest absolute Gasteiger partial charge is 0.0554 e. The van der Waals surface area contributed by atoms with Crippen LogP contribution in [0, 0.1) is 5.41 Å². The van der Waals surface area contributed by atoms with Crippen LogP contribution in [0.1, 0.15) is 0 Å². The molecule has 1 nitrogen and oxygen atoms in total. The lowest BCUT2D eigenvalue weighted by Crippen LogP contribution is -1.84. The van der Waals surface area contributed by atoms with Gasteiger partial charge in [-0.05, 0) is 12.2 Å². The average Bonchev–Trinajstić information content (AvgIpc) is 1.33. The van der Waals surface area contributed by atoms with E-state index in [1.54, 1.807) is 5.16 Å². The van der Waals surface area contributed by atoms with Crippen molar-refractivity contribution < 1.29 is 0 Å². The van der Waals surface area contributed by atoms with Gasteiger partial charge < -0.3 is 0 Å². The van der Waals surface area contributed by atoms with E-state index in [-0.39, 0.29) is 8.80 Å². The minimum Gasteiger partial charge on any atom is -0.248 e. The lowest BCUT2D eigenvalue weighted by molar-refractivity contribution is 1.61. The van der Waals surface area contributed by atoms with Gasteiger partial charge in [-0.2, -0.15) is 0 Å². The van der Waals surface area contributed by atoms with Crippen LogP contribution in [-0.4, -0.2) is 14.0 Å². The zero-order valence-corrected chi connectivity index (χ0v) is 6.96. The topological polar surface area (TPSA) is 23.9 Å². The molecule has 0 aliphatic rings. The van der Waals surface area contributed by atoms with E-state index in [2.05, 4.69) is 31.9 Å². The van der Waals surface area contributed by atoms with Gasteiger partial charge in [-0.25, -0.2) is 5.41 Å². The zero-order chi connectivity index (χ0) is 6.28. The molecule has 7 heavy (non-hydrogen) atoms. The van der Waals surface area contributed by atoms with Crippen LogP contribution in [0.4, 0.5) is 0 Å². The van der Waals surface area contributed by atoms with Crippen molar-refractivity contribution in [1.82, 2.24) is 0 Å². The molecule has 0 aliphatic carbocycles. The Labute approximate surface area is 51.9 Å². The highest BCUT2D eigenvalue weighted by atomic mass is 32.1. The monoisotopic (exact) mass is 133 g/mol. The summed E-state index contributed by atoms with van der Waals surface area (Å²) < 4.78 is 0. The number of rotatable bonds is 0. The SMILES string of the molecule is C[SiH](C)C.N=C=S. The standard InChI is InChI=1S/C3H10Si.CHNS/c1-4(2)3;2-1-3/h4H,1-3H3;2H. The van der Waals surface area contributed by atoms with E-state index >= 15 is 0 Å². The van der Waals surface area contributed by atoms with Crippen molar-refractivity contribution in [2.75, 3.05) is 0 Å². The summed E-state index contributed by atoms with van der Waals surface area (Å²) in [6.45, 7) is 6.92. The van der Waals surface area contributed by atoms with Crippen molar-refractivity contribution in [3.05, 3.63) is 0 Å². The van der Waals surface area contributed by atoms with E-state index in [0.29, 0.717) is 0 Å². The fourth-order valence-electron chi connectivity index (χ4n) is 0. The maximum atomic E-state index is 5.77. The highest BCUT2D eigenvalue weighted by Crippen LogP contribution is 1.68. The third-order valence-corrected chi connectivity index (χ3v) is 0. The fraction of sp³-hybridized carbons (Fsp3) is 0.750. The first-order valence-electron chi connectivity index (χ1n) is 2.19. The minimum absolute atomic E-state index is 0.139. The second kappa shape index (κ2) is 9.39. The molecule has 1 N–H and O–H groups in total. The largest absolute Gasteiger partial charge is 0.248 e. The van der Waals surface area contributed by atoms with Crippen LogP contribution in [0.3, 0.4) is 0 Å². The molecule has 0 radical (unpaired) electrons. The summed E-state index contributed by atoms with van der Waals surface area (Å²) in [4.78, 5) is 0. The van der Waals surface area contributed by atoms with Crippen molar-refractivity contribution in [2.24, 2.45) is 0 Å². The highest BCUT2D eigenvalue weighted by molar-refractivity contribution is 7.78. The molecular weight excluding hydrogens is 122 g/mol. The Bertz CT molecular complexity index is 54.0. The van der Waals surface area contributed by atoms with Crippen LogP contribution < -0.4 is 0 Å². The number of hydrogen-bond acceptors (Lipinski definition) is 2. The lowest BCUT2D eigenvalue weighted by atomic mass is 11.8. The molecule has 0 amide bonds. The molecule has 0 unspecified atom stereocenters. The van der Waals surface area contributed by atoms with E-state index in [1.165, 1.54) is 0 Å². The molecule has 0 aromatic rings. The second-order valence-corrected chi connectivity index (χ2v) is 5.50. The van der Waals surface area contributed by atoms with E-state index in [0.717, 1.165) is 0 Å². The third kappa shape index (κ3) is 341000. The van der Waals surface area contributed by atoms with Crippen LogP contribution in [0.25, 0.3) is 0 Å². The molecule has 0 saturated heterocycles. The average molecular weight is 133 g/mol. The Morgan fingerprint density at radius 1 is 1.43 bits per heavy atom. The Hall–Kier alpha value is 0.0169. The van der Waals surface area contributed by atoms with Crippen LogP contribution >= 0.6 is 12.2 Å². The molecule has 0 aromatic carbocycles. The first kappa shape index (κ1) is 10.1. The molecule has 0 spiro atoms. The predicted molar refractivity (Wildman–Crippen MR) is 40.1 cm³/mol. The number of hydrogen-bond donors (Lipinski definition) is 1. The highest BCUT2D eigenvalue weighted by Gasteiger charge is 1.71. The van der Waals surface area contributed by atoms with Gasteiger partial charge in [0, 0.05) is 8.80 Å². The van der Waals surface area contributed by atoms with Gasteiger partial charge in [-0.1, -0.05) is 19.6 Å². The number of thiocarbonyl (C=S) groups is 1. The maximum Gasteiger partial charge on any atom is 0.0554 e. The van der Waals surface area contributed by atoms with Crippen LogP contribution in [0.5, 0.6) is 0 Å². The van der Waals surface area contributed by atoms with E-state index in [4.69, 9.17) is 5.41 Å². The Morgan fingerprint density at radius 3 is 1.43 bits per heavy atom. The normalized spacial score (nSPS) is 6.29. The predicted octanol–water partition coefficient (Wildman–Crippen LogP) is 1.77. The lowest BCUT2D eigenvalue weighted by Gasteiger charge is -1.75. The van der Waals surface area contributed by atoms with Crippen LogP contribution in [0.2, 0.25) is 19.6 Å². The van der Waals surface area contributed by atoms with Crippen molar-refractivity contribution in [3.63, 3.8) is 0 Å². The van der Waals surface area contributed by atoms with Gasteiger partial charge in [0.25, 0.3) is 0 Å². The summed E-state index contributed by atoms with van der Waals surface area (Å²) in [5, 5.41) is 7.36. The van der Waals surface area contributed by atoms with Crippen molar-refractivity contribution in [1.29, 1.82) is 5.41 Å². The molecule has 0 heterocycles. The number of nitrogens with one attached hydrogen (secondary N) is 1. The third-order valence-electron chi connectivity index (χ3n) is 0. The molecule has 0 aromatic heterocycles. The molecule has 0 atom stereocenters. The molecule has 0 aliphatic heterocycles. The Balaban J connectivity index is 0. The van der Waals surface area contributed by atoms with Gasteiger partial charge >= 0.3 is 0 Å². The van der Waals surface area contributed by atoms with Gasteiger partial charge in [0.2, 0.25) is 0 Å². The zero-order valence-electron chi connectivity index (χ0n) is 4.99. The molecule has 0 fully saturated rings. The summed E-state index contributed by atoms with van der Waals surface area (Å²) in [7, 11) is -0.139. The number of isothiocyanates is 1.